The van der Waals surface area contributed by atoms with Crippen molar-refractivity contribution >= 4 is 0 Å². The van der Waals surface area contributed by atoms with Crippen LogP contribution in [0, 0.1) is 0 Å². The molecule has 1 aromatic carbocycles. The Morgan fingerprint density at radius 1 is 1.25 bits per heavy atom. The molecule has 0 saturated carbocycles. The maximum absolute atomic E-state index is 5.33. The van der Waals surface area contributed by atoms with Gasteiger partial charge in [-0.05, 0) is 17.5 Å². The predicted octanol–water partition coefficient (Wildman–Crippen LogP) is 2.51. The molecule has 0 aromatic heterocycles. The molecule has 3 heteroatoms. The van der Waals surface area contributed by atoms with E-state index >= 15 is 0 Å². The first-order chi connectivity index (χ1) is 7.69. The maximum Gasteiger partial charge on any atom is 0.123 e. The van der Waals surface area contributed by atoms with E-state index in [4.69, 9.17) is 9.47 Å². The van der Waals surface area contributed by atoms with Crippen LogP contribution in [0.15, 0.2) is 18.2 Å². The maximum atomic E-state index is 5.33. The van der Waals surface area contributed by atoms with E-state index in [2.05, 4.69) is 31.3 Å². The molecule has 1 rings (SSSR count). The fraction of sp³-hybridized carbons (Fsp3) is 0.538. The minimum Gasteiger partial charge on any atom is -0.496 e. The van der Waals surface area contributed by atoms with Crippen molar-refractivity contribution in [1.29, 1.82) is 0 Å². The van der Waals surface area contributed by atoms with Crippen molar-refractivity contribution in [3.63, 3.8) is 0 Å². The smallest absolute Gasteiger partial charge is 0.123 e. The molecule has 90 valence electrons. The lowest BCUT2D eigenvalue weighted by atomic mass is 10.0. The van der Waals surface area contributed by atoms with Crippen molar-refractivity contribution in [2.45, 2.75) is 26.3 Å². The van der Waals surface area contributed by atoms with Crippen LogP contribution in [0.3, 0.4) is 0 Å². The van der Waals surface area contributed by atoms with E-state index in [-0.39, 0.29) is 0 Å². The first-order valence-electron chi connectivity index (χ1n) is 5.55. The van der Waals surface area contributed by atoms with Crippen LogP contribution < -0.4 is 10.1 Å². The van der Waals surface area contributed by atoms with Crippen LogP contribution in [0.1, 0.15) is 30.9 Å². The summed E-state index contributed by atoms with van der Waals surface area (Å²) < 4.78 is 10.3. The van der Waals surface area contributed by atoms with Gasteiger partial charge in [-0.1, -0.05) is 26.0 Å². The largest absolute Gasteiger partial charge is 0.496 e. The van der Waals surface area contributed by atoms with Crippen LogP contribution in [-0.2, 0) is 11.3 Å². The normalized spacial score (nSPS) is 10.8. The number of benzene rings is 1. The van der Waals surface area contributed by atoms with Gasteiger partial charge in [0.2, 0.25) is 0 Å². The summed E-state index contributed by atoms with van der Waals surface area (Å²) in [6.45, 7) is 5.69. The summed E-state index contributed by atoms with van der Waals surface area (Å²) in [5.41, 5.74) is 2.50. The van der Waals surface area contributed by atoms with E-state index in [1.807, 2.05) is 6.07 Å². The van der Waals surface area contributed by atoms with Gasteiger partial charge in [0.1, 0.15) is 5.75 Å². The summed E-state index contributed by atoms with van der Waals surface area (Å²) in [5.74, 6) is 1.46. The van der Waals surface area contributed by atoms with Crippen LogP contribution in [0.4, 0.5) is 0 Å². The SMILES string of the molecule is COCNCc1cc(C(C)C)ccc1OC. The quantitative estimate of drug-likeness (QED) is 0.594. The molecule has 3 nitrogen and oxygen atoms in total. The molecule has 0 atom stereocenters. The molecule has 0 radical (unpaired) electrons. The van der Waals surface area contributed by atoms with Gasteiger partial charge in [0.05, 0.1) is 13.8 Å². The van der Waals surface area contributed by atoms with Crippen molar-refractivity contribution in [1.82, 2.24) is 5.32 Å². The summed E-state index contributed by atoms with van der Waals surface area (Å²) >= 11 is 0. The second kappa shape index (κ2) is 6.51. The van der Waals surface area contributed by atoms with Crippen molar-refractivity contribution in [2.75, 3.05) is 21.0 Å². The Labute approximate surface area is 97.8 Å². The molecule has 0 saturated heterocycles. The van der Waals surface area contributed by atoms with Gasteiger partial charge < -0.3 is 9.47 Å². The van der Waals surface area contributed by atoms with E-state index in [9.17, 15) is 0 Å². The average molecular weight is 223 g/mol. The summed E-state index contributed by atoms with van der Waals surface area (Å²) in [7, 11) is 3.37. The first-order valence-corrected chi connectivity index (χ1v) is 5.55. The Morgan fingerprint density at radius 3 is 2.56 bits per heavy atom. The van der Waals surface area contributed by atoms with Gasteiger partial charge in [0, 0.05) is 19.2 Å². The van der Waals surface area contributed by atoms with Gasteiger partial charge in [-0.2, -0.15) is 0 Å². The van der Waals surface area contributed by atoms with Crippen molar-refractivity contribution in [3.8, 4) is 5.75 Å². The van der Waals surface area contributed by atoms with Gasteiger partial charge in [0.25, 0.3) is 0 Å². The van der Waals surface area contributed by atoms with E-state index in [1.165, 1.54) is 11.1 Å². The Hall–Kier alpha value is -1.06. The van der Waals surface area contributed by atoms with Crippen LogP contribution in [0.25, 0.3) is 0 Å². The second-order valence-electron chi connectivity index (χ2n) is 4.09. The Balaban J connectivity index is 2.80. The van der Waals surface area contributed by atoms with Crippen LogP contribution >= 0.6 is 0 Å². The van der Waals surface area contributed by atoms with Gasteiger partial charge in [0.15, 0.2) is 0 Å². The molecule has 0 unspecified atom stereocenters. The van der Waals surface area contributed by atoms with Crippen molar-refractivity contribution in [3.05, 3.63) is 29.3 Å². The number of hydrogen-bond donors (Lipinski definition) is 1. The zero-order valence-corrected chi connectivity index (χ0v) is 10.5. The Morgan fingerprint density at radius 2 is 2.00 bits per heavy atom. The van der Waals surface area contributed by atoms with Gasteiger partial charge in [-0.3, -0.25) is 5.32 Å². The van der Waals surface area contributed by atoms with E-state index < -0.39 is 0 Å². The predicted molar refractivity (Wildman–Crippen MR) is 65.8 cm³/mol. The third-order valence-corrected chi connectivity index (χ3v) is 2.53. The van der Waals surface area contributed by atoms with E-state index in [0.29, 0.717) is 12.6 Å². The van der Waals surface area contributed by atoms with Crippen LogP contribution in [0.2, 0.25) is 0 Å². The highest BCUT2D eigenvalue weighted by Gasteiger charge is 2.06. The molecule has 1 aromatic rings. The Kier molecular flexibility index (Phi) is 5.29. The Bertz CT molecular complexity index is 324. The van der Waals surface area contributed by atoms with Crippen LogP contribution in [-0.4, -0.2) is 21.0 Å². The standard InChI is InChI=1S/C13H21NO2/c1-10(2)11-5-6-13(16-4)12(7-11)8-14-9-15-3/h5-7,10,14H,8-9H2,1-4H3. The van der Waals surface area contributed by atoms with Gasteiger partial charge in [-0.25, -0.2) is 0 Å². The molecule has 1 N–H and O–H groups in total. The second-order valence-corrected chi connectivity index (χ2v) is 4.09. The fourth-order valence-corrected chi connectivity index (χ4v) is 1.58. The minimum absolute atomic E-state index is 0.534. The van der Waals surface area contributed by atoms with Crippen molar-refractivity contribution in [2.24, 2.45) is 0 Å². The van der Waals surface area contributed by atoms with Crippen LogP contribution in [0.5, 0.6) is 5.75 Å². The molecular formula is C13H21NO2. The lowest BCUT2D eigenvalue weighted by molar-refractivity contribution is 0.174. The molecule has 0 aliphatic carbocycles. The number of hydrogen-bond acceptors (Lipinski definition) is 3. The molecule has 16 heavy (non-hydrogen) atoms. The number of ether oxygens (including phenoxy) is 2. The fourth-order valence-electron chi connectivity index (χ4n) is 1.58. The molecule has 0 heterocycles. The number of nitrogens with one attached hydrogen (secondary N) is 1. The third kappa shape index (κ3) is 3.51. The average Bonchev–Trinajstić information content (AvgIpc) is 2.29. The monoisotopic (exact) mass is 223 g/mol. The molecule has 0 amide bonds. The highest BCUT2D eigenvalue weighted by molar-refractivity contribution is 5.38. The third-order valence-electron chi connectivity index (χ3n) is 2.53. The first kappa shape index (κ1) is 13.0. The number of methoxy groups -OCH3 is 2. The zero-order chi connectivity index (χ0) is 12.0. The summed E-state index contributed by atoms with van der Waals surface area (Å²) in [5, 5.41) is 3.19. The highest BCUT2D eigenvalue weighted by Crippen LogP contribution is 2.23. The van der Waals surface area contributed by atoms with Gasteiger partial charge in [-0.15, -0.1) is 0 Å². The lowest BCUT2D eigenvalue weighted by Crippen LogP contribution is -2.16. The molecule has 0 aliphatic heterocycles. The summed E-state index contributed by atoms with van der Waals surface area (Å²) in [4.78, 5) is 0. The minimum atomic E-state index is 0.534. The van der Waals surface area contributed by atoms with Gasteiger partial charge >= 0.3 is 0 Å². The van der Waals surface area contributed by atoms with Crippen molar-refractivity contribution < 1.29 is 9.47 Å². The molecular weight excluding hydrogens is 202 g/mol. The topological polar surface area (TPSA) is 30.5 Å². The molecule has 0 aliphatic rings. The molecule has 0 fully saturated rings. The number of rotatable bonds is 6. The molecule has 0 bridgehead atoms. The van der Waals surface area contributed by atoms with E-state index in [0.717, 1.165) is 12.3 Å². The lowest BCUT2D eigenvalue weighted by Gasteiger charge is -2.13. The summed E-state index contributed by atoms with van der Waals surface area (Å²) in [6, 6.07) is 6.33. The highest BCUT2D eigenvalue weighted by atomic mass is 16.5. The van der Waals surface area contributed by atoms with E-state index in [1.54, 1.807) is 14.2 Å². The summed E-state index contributed by atoms with van der Waals surface area (Å²) in [6.07, 6.45) is 0. The molecule has 0 spiro atoms. The zero-order valence-electron chi connectivity index (χ0n) is 10.5.